The van der Waals surface area contributed by atoms with Crippen LogP contribution in [0, 0.1) is 5.92 Å². The Morgan fingerprint density at radius 2 is 1.95 bits per heavy atom. The third-order valence-electron chi connectivity index (χ3n) is 4.55. The van der Waals surface area contributed by atoms with Crippen molar-refractivity contribution in [1.29, 1.82) is 0 Å². The molecule has 3 rings (SSSR count). The quantitative estimate of drug-likeness (QED) is 0.916. The molecule has 1 aliphatic rings. The van der Waals surface area contributed by atoms with Crippen LogP contribution in [0.4, 0.5) is 0 Å². The van der Waals surface area contributed by atoms with Crippen LogP contribution in [0.5, 0.6) is 0 Å². The SMILES string of the molecule is CC(C)CN(Cc1cncc2ccccc12)C1CCNCC1. The highest BCUT2D eigenvalue weighted by Crippen LogP contribution is 2.22. The standard InChI is InChI=1S/C19H27N3/c1-15(2)13-22(18-7-9-20-10-8-18)14-17-12-21-11-16-5-3-4-6-19(16)17/h3-6,11-12,15,18,20H,7-10,13-14H2,1-2H3. The van der Waals surface area contributed by atoms with Gasteiger partial charge in [0.25, 0.3) is 0 Å². The Morgan fingerprint density at radius 1 is 1.18 bits per heavy atom. The van der Waals surface area contributed by atoms with Gasteiger partial charge in [-0.1, -0.05) is 38.1 Å². The van der Waals surface area contributed by atoms with Crippen LogP contribution < -0.4 is 5.32 Å². The second kappa shape index (κ2) is 7.21. The van der Waals surface area contributed by atoms with Crippen LogP contribution in [0.25, 0.3) is 10.8 Å². The van der Waals surface area contributed by atoms with E-state index in [-0.39, 0.29) is 0 Å². The van der Waals surface area contributed by atoms with Crippen LogP contribution in [0.3, 0.4) is 0 Å². The first-order chi connectivity index (χ1) is 10.7. The van der Waals surface area contributed by atoms with Gasteiger partial charge >= 0.3 is 0 Å². The van der Waals surface area contributed by atoms with E-state index in [4.69, 9.17) is 0 Å². The molecule has 0 radical (unpaired) electrons. The average Bonchev–Trinajstić information content (AvgIpc) is 2.55. The Balaban J connectivity index is 1.84. The van der Waals surface area contributed by atoms with Gasteiger partial charge in [-0.15, -0.1) is 0 Å². The number of fused-ring (bicyclic) bond motifs is 1. The molecule has 0 bridgehead atoms. The summed E-state index contributed by atoms with van der Waals surface area (Å²) < 4.78 is 0. The van der Waals surface area contributed by atoms with Gasteiger partial charge in [-0.3, -0.25) is 9.88 Å². The molecule has 2 heterocycles. The summed E-state index contributed by atoms with van der Waals surface area (Å²) in [6.07, 6.45) is 6.53. The molecule has 1 fully saturated rings. The summed E-state index contributed by atoms with van der Waals surface area (Å²) in [6.45, 7) is 9.09. The maximum Gasteiger partial charge on any atom is 0.0346 e. The van der Waals surface area contributed by atoms with Crippen LogP contribution in [0.15, 0.2) is 36.7 Å². The number of hydrogen-bond acceptors (Lipinski definition) is 3. The Bertz CT molecular complexity index is 597. The summed E-state index contributed by atoms with van der Waals surface area (Å²) in [5, 5.41) is 6.07. The summed E-state index contributed by atoms with van der Waals surface area (Å²) in [4.78, 5) is 7.13. The number of piperidine rings is 1. The Labute approximate surface area is 133 Å². The third-order valence-corrected chi connectivity index (χ3v) is 4.55. The molecule has 2 aromatic rings. The highest BCUT2D eigenvalue weighted by Gasteiger charge is 2.22. The van der Waals surface area contributed by atoms with E-state index >= 15 is 0 Å². The zero-order valence-corrected chi connectivity index (χ0v) is 13.8. The molecule has 0 aliphatic carbocycles. The van der Waals surface area contributed by atoms with Gasteiger partial charge in [-0.25, -0.2) is 0 Å². The van der Waals surface area contributed by atoms with Crippen molar-refractivity contribution < 1.29 is 0 Å². The third kappa shape index (κ3) is 3.65. The van der Waals surface area contributed by atoms with Crippen LogP contribution in [-0.2, 0) is 6.54 Å². The van der Waals surface area contributed by atoms with Gasteiger partial charge in [0.1, 0.15) is 0 Å². The smallest absolute Gasteiger partial charge is 0.0346 e. The number of pyridine rings is 1. The number of rotatable bonds is 5. The Kier molecular flexibility index (Phi) is 5.06. The van der Waals surface area contributed by atoms with Gasteiger partial charge in [0.2, 0.25) is 0 Å². The minimum atomic E-state index is 0.692. The summed E-state index contributed by atoms with van der Waals surface area (Å²) in [5.41, 5.74) is 1.36. The summed E-state index contributed by atoms with van der Waals surface area (Å²) >= 11 is 0. The van der Waals surface area contributed by atoms with Crippen LogP contribution in [0.1, 0.15) is 32.3 Å². The molecule has 0 unspecified atom stereocenters. The first-order valence-electron chi connectivity index (χ1n) is 8.50. The highest BCUT2D eigenvalue weighted by molar-refractivity contribution is 5.84. The molecular weight excluding hydrogens is 270 g/mol. The lowest BCUT2D eigenvalue weighted by Crippen LogP contribution is -2.44. The van der Waals surface area contributed by atoms with Crippen LogP contribution in [0.2, 0.25) is 0 Å². The molecule has 0 saturated carbocycles. The number of hydrogen-bond donors (Lipinski definition) is 1. The van der Waals surface area contributed by atoms with Crippen molar-refractivity contribution in [3.8, 4) is 0 Å². The number of benzene rings is 1. The van der Waals surface area contributed by atoms with Gasteiger partial charge in [-0.05, 0) is 42.8 Å². The summed E-state index contributed by atoms with van der Waals surface area (Å²) in [5.74, 6) is 0.692. The molecule has 22 heavy (non-hydrogen) atoms. The normalized spacial score (nSPS) is 16.7. The minimum absolute atomic E-state index is 0.692. The van der Waals surface area contributed by atoms with Crippen LogP contribution in [-0.4, -0.2) is 35.6 Å². The minimum Gasteiger partial charge on any atom is -0.317 e. The molecule has 0 spiro atoms. The van der Waals surface area contributed by atoms with E-state index in [1.54, 1.807) is 0 Å². The van der Waals surface area contributed by atoms with E-state index in [2.05, 4.69) is 59.5 Å². The molecule has 1 aromatic carbocycles. The molecule has 3 heteroatoms. The van der Waals surface area contributed by atoms with E-state index in [1.165, 1.54) is 29.2 Å². The molecule has 1 aliphatic heterocycles. The predicted octanol–water partition coefficient (Wildman–Crippen LogP) is 3.44. The molecule has 1 N–H and O–H groups in total. The zero-order chi connectivity index (χ0) is 15.4. The lowest BCUT2D eigenvalue weighted by Gasteiger charge is -2.36. The number of nitrogens with zero attached hydrogens (tertiary/aromatic N) is 2. The van der Waals surface area contributed by atoms with Gasteiger partial charge < -0.3 is 5.32 Å². The van der Waals surface area contributed by atoms with Crippen molar-refractivity contribution in [3.05, 3.63) is 42.2 Å². The summed E-state index contributed by atoms with van der Waals surface area (Å²) in [7, 11) is 0. The van der Waals surface area contributed by atoms with Crippen molar-refractivity contribution in [2.45, 2.75) is 39.3 Å². The maximum atomic E-state index is 4.45. The zero-order valence-electron chi connectivity index (χ0n) is 13.8. The second-order valence-corrected chi connectivity index (χ2v) is 6.82. The first kappa shape index (κ1) is 15.4. The van der Waals surface area contributed by atoms with E-state index in [0.29, 0.717) is 12.0 Å². The molecule has 3 nitrogen and oxygen atoms in total. The van der Waals surface area contributed by atoms with Crippen molar-refractivity contribution in [2.24, 2.45) is 5.92 Å². The van der Waals surface area contributed by atoms with Crippen molar-refractivity contribution in [3.63, 3.8) is 0 Å². The number of nitrogens with one attached hydrogen (secondary N) is 1. The van der Waals surface area contributed by atoms with E-state index in [9.17, 15) is 0 Å². The lowest BCUT2D eigenvalue weighted by molar-refractivity contribution is 0.138. The molecule has 1 aromatic heterocycles. The fourth-order valence-electron chi connectivity index (χ4n) is 3.51. The molecule has 118 valence electrons. The van der Waals surface area contributed by atoms with Gasteiger partial charge in [0.15, 0.2) is 0 Å². The van der Waals surface area contributed by atoms with E-state index in [1.807, 2.05) is 6.20 Å². The van der Waals surface area contributed by atoms with Gasteiger partial charge in [0.05, 0.1) is 0 Å². The van der Waals surface area contributed by atoms with Crippen molar-refractivity contribution in [1.82, 2.24) is 15.2 Å². The first-order valence-corrected chi connectivity index (χ1v) is 8.50. The molecule has 0 atom stereocenters. The topological polar surface area (TPSA) is 28.2 Å². The van der Waals surface area contributed by atoms with Crippen molar-refractivity contribution >= 4 is 10.8 Å². The number of aromatic nitrogens is 1. The average molecular weight is 297 g/mol. The Morgan fingerprint density at radius 3 is 2.73 bits per heavy atom. The lowest BCUT2D eigenvalue weighted by atomic mass is 10.0. The Hall–Kier alpha value is -1.45. The second-order valence-electron chi connectivity index (χ2n) is 6.82. The molecule has 1 saturated heterocycles. The summed E-state index contributed by atoms with van der Waals surface area (Å²) in [6, 6.07) is 9.30. The van der Waals surface area contributed by atoms with Gasteiger partial charge in [-0.2, -0.15) is 0 Å². The fraction of sp³-hybridized carbons (Fsp3) is 0.526. The van der Waals surface area contributed by atoms with E-state index in [0.717, 1.165) is 26.2 Å². The largest absolute Gasteiger partial charge is 0.317 e. The van der Waals surface area contributed by atoms with E-state index < -0.39 is 0 Å². The fourth-order valence-corrected chi connectivity index (χ4v) is 3.51. The highest BCUT2D eigenvalue weighted by atomic mass is 15.2. The molecule has 0 amide bonds. The predicted molar refractivity (Wildman–Crippen MR) is 92.9 cm³/mol. The van der Waals surface area contributed by atoms with Crippen molar-refractivity contribution in [2.75, 3.05) is 19.6 Å². The van der Waals surface area contributed by atoms with Crippen LogP contribution >= 0.6 is 0 Å². The maximum absolute atomic E-state index is 4.45. The monoisotopic (exact) mass is 297 g/mol. The van der Waals surface area contributed by atoms with Gasteiger partial charge in [0, 0.05) is 36.9 Å². The molecular formula is C19H27N3.